The highest BCUT2D eigenvalue weighted by atomic mass is 16.5. The van der Waals surface area contributed by atoms with Gasteiger partial charge in [0.25, 0.3) is 0 Å². The number of esters is 1. The standard InChI is InChI=1S/C9H14O2/c1-5-7(3)9(10)11-8(4)6-2/h6,8H,2-3,5H2,1,4H3. The lowest BCUT2D eigenvalue weighted by Crippen LogP contribution is -2.13. The Balaban J connectivity index is 3.87. The van der Waals surface area contributed by atoms with E-state index in [1.165, 1.54) is 0 Å². The van der Waals surface area contributed by atoms with E-state index >= 15 is 0 Å². The fourth-order valence-corrected chi connectivity index (χ4v) is 0.445. The van der Waals surface area contributed by atoms with Crippen LogP contribution in [0.1, 0.15) is 20.3 Å². The van der Waals surface area contributed by atoms with E-state index in [1.807, 2.05) is 6.92 Å². The Morgan fingerprint density at radius 3 is 2.64 bits per heavy atom. The molecule has 0 saturated carbocycles. The Kier molecular flexibility index (Phi) is 4.27. The third-order valence-electron chi connectivity index (χ3n) is 1.34. The number of carbonyl (C=O) groups excluding carboxylic acids is 1. The third-order valence-corrected chi connectivity index (χ3v) is 1.34. The van der Waals surface area contributed by atoms with Crippen LogP contribution in [0.3, 0.4) is 0 Å². The van der Waals surface area contributed by atoms with Crippen LogP contribution in [0.2, 0.25) is 0 Å². The summed E-state index contributed by atoms with van der Waals surface area (Å²) >= 11 is 0. The predicted octanol–water partition coefficient (Wildman–Crippen LogP) is 2.07. The van der Waals surface area contributed by atoms with E-state index in [9.17, 15) is 4.79 Å². The molecule has 0 amide bonds. The van der Waals surface area contributed by atoms with Gasteiger partial charge in [-0.05, 0) is 13.3 Å². The molecule has 11 heavy (non-hydrogen) atoms. The van der Waals surface area contributed by atoms with Gasteiger partial charge < -0.3 is 4.74 Å². The quantitative estimate of drug-likeness (QED) is 0.352. The fraction of sp³-hybridized carbons (Fsp3) is 0.444. The van der Waals surface area contributed by atoms with E-state index < -0.39 is 0 Å². The van der Waals surface area contributed by atoms with Crippen LogP contribution >= 0.6 is 0 Å². The van der Waals surface area contributed by atoms with Crippen LogP contribution in [-0.4, -0.2) is 12.1 Å². The number of hydrogen-bond acceptors (Lipinski definition) is 2. The van der Waals surface area contributed by atoms with Crippen molar-refractivity contribution < 1.29 is 9.53 Å². The van der Waals surface area contributed by atoms with Gasteiger partial charge >= 0.3 is 5.97 Å². The molecule has 2 heteroatoms. The molecule has 0 aromatic heterocycles. The first-order chi connectivity index (χ1) is 5.11. The normalized spacial score (nSPS) is 11.8. The minimum atomic E-state index is -0.333. The summed E-state index contributed by atoms with van der Waals surface area (Å²) in [5.41, 5.74) is 0.499. The molecular formula is C9H14O2. The molecule has 0 rings (SSSR count). The molecule has 0 radical (unpaired) electrons. The van der Waals surface area contributed by atoms with Crippen LogP contribution in [0.25, 0.3) is 0 Å². The molecule has 0 aliphatic heterocycles. The van der Waals surface area contributed by atoms with Gasteiger partial charge in [-0.15, -0.1) is 0 Å². The molecule has 0 saturated heterocycles. The first kappa shape index (κ1) is 9.95. The monoisotopic (exact) mass is 154 g/mol. The Morgan fingerprint density at radius 1 is 1.73 bits per heavy atom. The van der Waals surface area contributed by atoms with Crippen molar-refractivity contribution in [2.24, 2.45) is 0 Å². The average molecular weight is 154 g/mol. The predicted molar refractivity (Wildman–Crippen MR) is 45.2 cm³/mol. The molecule has 0 bridgehead atoms. The number of ether oxygens (including phenoxy) is 1. The average Bonchev–Trinajstić information content (AvgIpc) is 2.02. The van der Waals surface area contributed by atoms with Gasteiger partial charge in [0, 0.05) is 5.57 Å². The van der Waals surface area contributed by atoms with Gasteiger partial charge in [0.2, 0.25) is 0 Å². The lowest BCUT2D eigenvalue weighted by Gasteiger charge is -2.08. The van der Waals surface area contributed by atoms with Gasteiger partial charge in [-0.3, -0.25) is 0 Å². The van der Waals surface area contributed by atoms with Crippen molar-refractivity contribution in [1.82, 2.24) is 0 Å². The summed E-state index contributed by atoms with van der Waals surface area (Å²) < 4.78 is 4.90. The van der Waals surface area contributed by atoms with Crippen LogP contribution in [0.15, 0.2) is 24.8 Å². The molecule has 0 N–H and O–H groups in total. The van der Waals surface area contributed by atoms with Crippen molar-refractivity contribution in [1.29, 1.82) is 0 Å². The van der Waals surface area contributed by atoms with Crippen molar-refractivity contribution in [2.75, 3.05) is 0 Å². The second-order valence-corrected chi connectivity index (χ2v) is 2.30. The van der Waals surface area contributed by atoms with Gasteiger partial charge in [0.05, 0.1) is 0 Å². The molecule has 0 spiro atoms. The van der Waals surface area contributed by atoms with E-state index in [0.29, 0.717) is 12.0 Å². The van der Waals surface area contributed by atoms with Crippen molar-refractivity contribution in [3.8, 4) is 0 Å². The molecule has 62 valence electrons. The summed E-state index contributed by atoms with van der Waals surface area (Å²) in [5.74, 6) is -0.333. The van der Waals surface area contributed by atoms with Crippen LogP contribution in [0, 0.1) is 0 Å². The summed E-state index contributed by atoms with van der Waals surface area (Å²) in [4.78, 5) is 11.0. The maximum absolute atomic E-state index is 11.0. The second kappa shape index (κ2) is 4.72. The first-order valence-electron chi connectivity index (χ1n) is 3.63. The van der Waals surface area contributed by atoms with Crippen molar-refractivity contribution >= 4 is 5.97 Å². The minimum Gasteiger partial charge on any atom is -0.455 e. The zero-order valence-electron chi connectivity index (χ0n) is 7.09. The summed E-state index contributed by atoms with van der Waals surface area (Å²) in [6.07, 6.45) is 1.97. The summed E-state index contributed by atoms with van der Waals surface area (Å²) in [6.45, 7) is 10.7. The summed E-state index contributed by atoms with van der Waals surface area (Å²) in [6, 6.07) is 0. The molecule has 0 aromatic carbocycles. The molecule has 0 aromatic rings. The zero-order chi connectivity index (χ0) is 8.85. The van der Waals surface area contributed by atoms with E-state index in [1.54, 1.807) is 13.0 Å². The SMILES string of the molecule is C=CC(C)OC(=O)C(=C)CC. The Labute approximate surface area is 67.6 Å². The van der Waals surface area contributed by atoms with Crippen molar-refractivity contribution in [3.63, 3.8) is 0 Å². The topological polar surface area (TPSA) is 26.3 Å². The van der Waals surface area contributed by atoms with Gasteiger partial charge in [-0.25, -0.2) is 4.79 Å². The molecule has 0 heterocycles. The Bertz CT molecular complexity index is 170. The third kappa shape index (κ3) is 3.61. The molecule has 0 fully saturated rings. The number of rotatable bonds is 4. The highest BCUT2D eigenvalue weighted by Gasteiger charge is 2.07. The van der Waals surface area contributed by atoms with Gasteiger partial charge in [0.1, 0.15) is 6.10 Å². The largest absolute Gasteiger partial charge is 0.455 e. The summed E-state index contributed by atoms with van der Waals surface area (Å²) in [5, 5.41) is 0. The molecule has 1 unspecified atom stereocenters. The number of carbonyl (C=O) groups is 1. The zero-order valence-corrected chi connectivity index (χ0v) is 7.09. The van der Waals surface area contributed by atoms with Crippen LogP contribution in [0.5, 0.6) is 0 Å². The molecular weight excluding hydrogens is 140 g/mol. The smallest absolute Gasteiger partial charge is 0.333 e. The molecule has 2 nitrogen and oxygen atoms in total. The van der Waals surface area contributed by atoms with Gasteiger partial charge in [0.15, 0.2) is 0 Å². The maximum Gasteiger partial charge on any atom is 0.333 e. The van der Waals surface area contributed by atoms with Crippen LogP contribution < -0.4 is 0 Å². The minimum absolute atomic E-state index is 0.231. The van der Waals surface area contributed by atoms with Crippen molar-refractivity contribution in [3.05, 3.63) is 24.8 Å². The maximum atomic E-state index is 11.0. The van der Waals surface area contributed by atoms with Crippen LogP contribution in [-0.2, 0) is 9.53 Å². The molecule has 0 aliphatic carbocycles. The van der Waals surface area contributed by atoms with E-state index in [-0.39, 0.29) is 12.1 Å². The Morgan fingerprint density at radius 2 is 2.27 bits per heavy atom. The Hall–Kier alpha value is -1.05. The van der Waals surface area contributed by atoms with Gasteiger partial charge in [-0.1, -0.05) is 26.2 Å². The molecule has 0 aliphatic rings. The first-order valence-corrected chi connectivity index (χ1v) is 3.63. The number of hydrogen-bond donors (Lipinski definition) is 0. The van der Waals surface area contributed by atoms with Gasteiger partial charge in [-0.2, -0.15) is 0 Å². The fourth-order valence-electron chi connectivity index (χ4n) is 0.445. The van der Waals surface area contributed by atoms with Crippen LogP contribution in [0.4, 0.5) is 0 Å². The van der Waals surface area contributed by atoms with E-state index in [4.69, 9.17) is 4.74 Å². The highest BCUT2D eigenvalue weighted by Crippen LogP contribution is 2.02. The molecule has 1 atom stereocenters. The van der Waals surface area contributed by atoms with Crippen molar-refractivity contribution in [2.45, 2.75) is 26.4 Å². The lowest BCUT2D eigenvalue weighted by atomic mass is 10.2. The van der Waals surface area contributed by atoms with E-state index in [2.05, 4.69) is 13.2 Å². The second-order valence-electron chi connectivity index (χ2n) is 2.30. The lowest BCUT2D eigenvalue weighted by molar-refractivity contribution is -0.141. The highest BCUT2D eigenvalue weighted by molar-refractivity contribution is 5.87. The summed E-state index contributed by atoms with van der Waals surface area (Å²) in [7, 11) is 0. The van der Waals surface area contributed by atoms with E-state index in [0.717, 1.165) is 0 Å².